The highest BCUT2D eigenvalue weighted by atomic mass is 35.5. The van der Waals surface area contributed by atoms with Crippen molar-refractivity contribution in [1.29, 1.82) is 0 Å². The van der Waals surface area contributed by atoms with Gasteiger partial charge in [0.05, 0.1) is 19.1 Å². The minimum Gasteiger partial charge on any atom is -0.461 e. The van der Waals surface area contributed by atoms with Crippen LogP contribution in [-0.2, 0) is 19.0 Å². The Hall–Kier alpha value is 0.110. The highest BCUT2D eigenvalue weighted by Gasteiger charge is 2.31. The lowest BCUT2D eigenvalue weighted by atomic mass is 10.1. The molecule has 0 aliphatic heterocycles. The van der Waals surface area contributed by atoms with Crippen LogP contribution in [0.2, 0.25) is 0 Å². The molecule has 0 rings (SSSR count). The van der Waals surface area contributed by atoms with Crippen LogP contribution in [0, 0.1) is 5.92 Å². The predicted octanol–water partition coefficient (Wildman–Crippen LogP) is 2.44. The number of ether oxygens (including phenoxy) is 3. The average molecular weight is 299 g/mol. The highest BCUT2D eigenvalue weighted by molar-refractivity contribution is 7.16. The van der Waals surface area contributed by atoms with E-state index in [0.717, 1.165) is 0 Å². The summed E-state index contributed by atoms with van der Waals surface area (Å²) in [7, 11) is 2.45. The van der Waals surface area contributed by atoms with Crippen molar-refractivity contribution in [3.05, 3.63) is 0 Å². The number of hydrogen-bond donors (Lipinski definition) is 0. The van der Waals surface area contributed by atoms with Gasteiger partial charge in [0, 0.05) is 5.88 Å². The van der Waals surface area contributed by atoms with Crippen LogP contribution >= 0.6 is 20.8 Å². The Bertz CT molecular complexity index is 248. The molecule has 0 spiro atoms. The van der Waals surface area contributed by atoms with Crippen molar-refractivity contribution in [2.24, 2.45) is 5.92 Å². The monoisotopic (exact) mass is 298 g/mol. The van der Waals surface area contributed by atoms with E-state index in [1.54, 1.807) is 13.8 Å². The van der Waals surface area contributed by atoms with E-state index in [1.807, 2.05) is 13.8 Å². The zero-order valence-electron chi connectivity index (χ0n) is 11.6. The van der Waals surface area contributed by atoms with Gasteiger partial charge in [0.2, 0.25) is 0 Å². The summed E-state index contributed by atoms with van der Waals surface area (Å²) in [5, 5.41) is 0. The van der Waals surface area contributed by atoms with Crippen LogP contribution in [-0.4, -0.2) is 43.1 Å². The van der Waals surface area contributed by atoms with Gasteiger partial charge < -0.3 is 14.2 Å². The summed E-state index contributed by atoms with van der Waals surface area (Å²) in [5.41, 5.74) is -0.957. The van der Waals surface area contributed by atoms with E-state index in [-0.39, 0.29) is 24.6 Å². The Kier molecular flexibility index (Phi) is 9.14. The molecule has 0 saturated carbocycles. The first-order valence-electron chi connectivity index (χ1n) is 6.02. The van der Waals surface area contributed by atoms with E-state index in [1.165, 1.54) is 0 Å². The first-order valence-corrected chi connectivity index (χ1v) is 7.37. The van der Waals surface area contributed by atoms with Crippen LogP contribution in [0.4, 0.5) is 0 Å². The van der Waals surface area contributed by atoms with Gasteiger partial charge >= 0.3 is 5.97 Å². The molecule has 0 aliphatic carbocycles. The SMILES string of the molecule is CC(CCl)COC(C)(C)C(=O)OCC(C)OCP. The van der Waals surface area contributed by atoms with Crippen LogP contribution in [0.1, 0.15) is 27.7 Å². The van der Waals surface area contributed by atoms with Gasteiger partial charge in [-0.2, -0.15) is 0 Å². The molecule has 3 atom stereocenters. The van der Waals surface area contributed by atoms with Gasteiger partial charge in [0.1, 0.15) is 6.61 Å². The molecule has 18 heavy (non-hydrogen) atoms. The molecular weight excluding hydrogens is 275 g/mol. The maximum absolute atomic E-state index is 11.8. The van der Waals surface area contributed by atoms with Crippen LogP contribution in [0.15, 0.2) is 0 Å². The Balaban J connectivity index is 4.05. The third kappa shape index (κ3) is 7.52. The number of carbonyl (C=O) groups excluding carboxylic acids is 1. The topological polar surface area (TPSA) is 44.8 Å². The second kappa shape index (κ2) is 9.08. The second-order valence-corrected chi connectivity index (χ2v) is 5.47. The number of hydrogen-bond acceptors (Lipinski definition) is 4. The smallest absolute Gasteiger partial charge is 0.337 e. The Morgan fingerprint density at radius 3 is 2.44 bits per heavy atom. The lowest BCUT2D eigenvalue weighted by Gasteiger charge is -2.25. The molecule has 0 aromatic heterocycles. The summed E-state index contributed by atoms with van der Waals surface area (Å²) >= 11 is 5.68. The molecule has 0 radical (unpaired) electrons. The van der Waals surface area contributed by atoms with Gasteiger partial charge in [0.25, 0.3) is 0 Å². The van der Waals surface area contributed by atoms with E-state index in [4.69, 9.17) is 25.8 Å². The molecule has 0 amide bonds. The number of esters is 1. The maximum atomic E-state index is 11.8. The quantitative estimate of drug-likeness (QED) is 0.373. The van der Waals surface area contributed by atoms with E-state index >= 15 is 0 Å². The zero-order chi connectivity index (χ0) is 14.2. The molecule has 0 heterocycles. The lowest BCUT2D eigenvalue weighted by Crippen LogP contribution is -2.39. The Labute approximate surface area is 117 Å². The molecule has 0 bridgehead atoms. The largest absolute Gasteiger partial charge is 0.461 e. The van der Waals surface area contributed by atoms with Gasteiger partial charge in [-0.05, 0) is 26.7 Å². The number of rotatable bonds is 9. The third-order valence-electron chi connectivity index (χ3n) is 2.31. The fourth-order valence-corrected chi connectivity index (χ4v) is 1.45. The van der Waals surface area contributed by atoms with Crippen molar-refractivity contribution >= 4 is 26.8 Å². The van der Waals surface area contributed by atoms with Crippen molar-refractivity contribution in [2.45, 2.75) is 39.4 Å². The van der Waals surface area contributed by atoms with Crippen LogP contribution in [0.3, 0.4) is 0 Å². The minimum atomic E-state index is -0.957. The number of alkyl halides is 1. The Morgan fingerprint density at radius 1 is 1.33 bits per heavy atom. The van der Waals surface area contributed by atoms with Gasteiger partial charge in [-0.1, -0.05) is 6.92 Å². The van der Waals surface area contributed by atoms with E-state index < -0.39 is 5.60 Å². The molecule has 0 fully saturated rings. The molecule has 0 N–H and O–H groups in total. The van der Waals surface area contributed by atoms with Crippen molar-refractivity contribution < 1.29 is 19.0 Å². The molecule has 0 aromatic carbocycles. The van der Waals surface area contributed by atoms with Gasteiger partial charge in [-0.25, -0.2) is 4.79 Å². The molecule has 0 aromatic rings. The van der Waals surface area contributed by atoms with Crippen molar-refractivity contribution in [2.75, 3.05) is 25.4 Å². The highest BCUT2D eigenvalue weighted by Crippen LogP contribution is 2.14. The van der Waals surface area contributed by atoms with Crippen molar-refractivity contribution in [3.63, 3.8) is 0 Å². The summed E-state index contributed by atoms with van der Waals surface area (Å²) < 4.78 is 15.9. The Morgan fingerprint density at radius 2 is 1.94 bits per heavy atom. The average Bonchev–Trinajstić information content (AvgIpc) is 2.33. The first kappa shape index (κ1) is 18.1. The van der Waals surface area contributed by atoms with E-state index in [0.29, 0.717) is 18.8 Å². The summed E-state index contributed by atoms with van der Waals surface area (Å²) in [4.78, 5) is 11.8. The summed E-state index contributed by atoms with van der Waals surface area (Å²) in [6.45, 7) is 7.85. The fourth-order valence-electron chi connectivity index (χ4n) is 1.03. The van der Waals surface area contributed by atoms with Crippen LogP contribution < -0.4 is 0 Å². The second-order valence-electron chi connectivity index (χ2n) is 4.82. The molecule has 108 valence electrons. The van der Waals surface area contributed by atoms with Gasteiger partial charge in [-0.15, -0.1) is 20.8 Å². The molecule has 3 unspecified atom stereocenters. The first-order chi connectivity index (χ1) is 8.33. The van der Waals surface area contributed by atoms with Gasteiger partial charge in [0.15, 0.2) is 5.60 Å². The normalized spacial score (nSPS) is 15.2. The fraction of sp³-hybridized carbons (Fsp3) is 0.917. The number of halogens is 1. The molecule has 0 saturated heterocycles. The summed E-state index contributed by atoms with van der Waals surface area (Å²) in [5.74, 6) is 0.325. The summed E-state index contributed by atoms with van der Waals surface area (Å²) in [6, 6.07) is 0. The van der Waals surface area contributed by atoms with E-state index in [9.17, 15) is 4.79 Å². The zero-order valence-corrected chi connectivity index (χ0v) is 13.5. The number of carbonyl (C=O) groups is 1. The van der Waals surface area contributed by atoms with Gasteiger partial charge in [-0.3, -0.25) is 0 Å². The van der Waals surface area contributed by atoms with Crippen molar-refractivity contribution in [3.8, 4) is 0 Å². The molecule has 4 nitrogen and oxygen atoms in total. The summed E-state index contributed by atoms with van der Waals surface area (Å²) in [6.07, 6.45) is 0.398. The molecular formula is C12H24ClO4P. The third-order valence-corrected chi connectivity index (χ3v) is 3.03. The molecule has 0 aliphatic rings. The standard InChI is InChI=1S/C12H24ClO4P/c1-9(5-13)6-17-12(3,4)11(14)15-7-10(2)16-8-18/h9-10H,5-8,18H2,1-4H3. The lowest BCUT2D eigenvalue weighted by molar-refractivity contribution is -0.172. The van der Waals surface area contributed by atoms with E-state index in [2.05, 4.69) is 9.24 Å². The molecule has 6 heteroatoms. The van der Waals surface area contributed by atoms with Crippen LogP contribution in [0.25, 0.3) is 0 Å². The van der Waals surface area contributed by atoms with Crippen molar-refractivity contribution in [1.82, 2.24) is 0 Å². The predicted molar refractivity (Wildman–Crippen MR) is 76.0 cm³/mol. The minimum absolute atomic E-state index is 0.121. The maximum Gasteiger partial charge on any atom is 0.337 e. The van der Waals surface area contributed by atoms with Crippen LogP contribution in [0.5, 0.6) is 0 Å².